The predicted molar refractivity (Wildman–Crippen MR) is 51.9 cm³/mol. The summed E-state index contributed by atoms with van der Waals surface area (Å²) in [5.41, 5.74) is 0.576. The fourth-order valence-corrected chi connectivity index (χ4v) is 0.893. The number of nitro benzene ring substituents is 1. The molecule has 0 aliphatic carbocycles. The van der Waals surface area contributed by atoms with Gasteiger partial charge < -0.3 is 5.32 Å². The minimum absolute atomic E-state index is 0.00880. The van der Waals surface area contributed by atoms with Gasteiger partial charge in [-0.15, -0.1) is 0 Å². The lowest BCUT2D eigenvalue weighted by Crippen LogP contribution is -1.91. The molecule has 72 valence electrons. The molecule has 0 heterocycles. The van der Waals surface area contributed by atoms with Crippen LogP contribution in [-0.4, -0.2) is 11.2 Å². The minimum atomic E-state index is -0.478. The molecule has 0 fully saturated rings. The van der Waals surface area contributed by atoms with E-state index in [4.69, 9.17) is 0 Å². The minimum Gasteiger partial charge on any atom is -0.361 e. The smallest absolute Gasteiger partial charge is 0.271 e. The lowest BCUT2D eigenvalue weighted by molar-refractivity contribution is -0.384. The van der Waals surface area contributed by atoms with E-state index in [1.807, 2.05) is 0 Å². The number of anilines is 1. The Morgan fingerprint density at radius 1 is 1.43 bits per heavy atom. The van der Waals surface area contributed by atoms with E-state index < -0.39 is 4.92 Å². The van der Waals surface area contributed by atoms with Gasteiger partial charge in [-0.2, -0.15) is 0 Å². The largest absolute Gasteiger partial charge is 0.361 e. The van der Waals surface area contributed by atoms with Gasteiger partial charge in [0, 0.05) is 24.0 Å². The normalized spacial score (nSPS) is 10.0. The molecule has 0 radical (unpaired) electrons. The third-order valence-corrected chi connectivity index (χ3v) is 1.48. The molecule has 0 spiro atoms. The van der Waals surface area contributed by atoms with Crippen LogP contribution in [0.3, 0.4) is 0 Å². The molecule has 0 unspecified atom stereocenters. The third kappa shape index (κ3) is 2.71. The lowest BCUT2D eigenvalue weighted by atomic mass is 10.3. The first-order valence-electron chi connectivity index (χ1n) is 3.85. The van der Waals surface area contributed by atoms with Crippen LogP contribution in [0.2, 0.25) is 0 Å². The van der Waals surface area contributed by atoms with Crippen LogP contribution in [0.4, 0.5) is 11.4 Å². The van der Waals surface area contributed by atoms with Crippen molar-refractivity contribution in [1.82, 2.24) is 0 Å². The van der Waals surface area contributed by atoms with Crippen molar-refractivity contribution in [2.24, 2.45) is 0 Å². The predicted octanol–water partition coefficient (Wildman–Crippen LogP) is 1.72. The van der Waals surface area contributed by atoms with Gasteiger partial charge in [0.1, 0.15) is 6.29 Å². The first-order chi connectivity index (χ1) is 6.74. The molecule has 0 saturated carbocycles. The fourth-order valence-electron chi connectivity index (χ4n) is 0.893. The standard InChI is InChI=1S/C9H8N2O3/c12-6-2-5-10-8-3-1-4-9(7-8)11(13)14/h1-7,10H. The van der Waals surface area contributed by atoms with E-state index in [1.54, 1.807) is 12.1 Å². The van der Waals surface area contributed by atoms with Crippen molar-refractivity contribution in [1.29, 1.82) is 0 Å². The molecule has 1 rings (SSSR count). The average molecular weight is 192 g/mol. The molecule has 1 N–H and O–H groups in total. The second-order valence-corrected chi connectivity index (χ2v) is 2.45. The van der Waals surface area contributed by atoms with Gasteiger partial charge in [-0.25, -0.2) is 0 Å². The van der Waals surface area contributed by atoms with Crippen molar-refractivity contribution in [2.45, 2.75) is 0 Å². The number of carbonyl (C=O) groups is 1. The molecule has 0 aliphatic rings. The summed E-state index contributed by atoms with van der Waals surface area (Å²) in [6, 6.07) is 6.02. The Hall–Kier alpha value is -2.17. The van der Waals surface area contributed by atoms with Crippen molar-refractivity contribution in [2.75, 3.05) is 5.32 Å². The van der Waals surface area contributed by atoms with Gasteiger partial charge >= 0.3 is 0 Å². The van der Waals surface area contributed by atoms with Crippen molar-refractivity contribution < 1.29 is 9.72 Å². The summed E-state index contributed by atoms with van der Waals surface area (Å²) in [6.07, 6.45) is 3.29. The van der Waals surface area contributed by atoms with E-state index in [0.717, 1.165) is 0 Å². The Balaban J connectivity index is 2.78. The molecule has 0 atom stereocenters. The summed E-state index contributed by atoms with van der Waals surface area (Å²) >= 11 is 0. The number of carbonyl (C=O) groups excluding carboxylic acids is 1. The molecule has 14 heavy (non-hydrogen) atoms. The van der Waals surface area contributed by atoms with Crippen LogP contribution in [-0.2, 0) is 4.79 Å². The number of hydrogen-bond acceptors (Lipinski definition) is 4. The van der Waals surface area contributed by atoms with Gasteiger partial charge in [0.25, 0.3) is 5.69 Å². The molecule has 1 aromatic carbocycles. The maximum absolute atomic E-state index is 10.4. The van der Waals surface area contributed by atoms with Gasteiger partial charge in [0.2, 0.25) is 0 Å². The summed E-state index contributed by atoms with van der Waals surface area (Å²) in [5, 5.41) is 13.1. The highest BCUT2D eigenvalue weighted by atomic mass is 16.6. The molecular formula is C9H8N2O3. The summed E-state index contributed by atoms with van der Waals surface area (Å²) in [7, 11) is 0. The van der Waals surface area contributed by atoms with Crippen molar-refractivity contribution in [3.8, 4) is 0 Å². The molecule has 0 saturated heterocycles. The van der Waals surface area contributed by atoms with Crippen molar-refractivity contribution >= 4 is 17.7 Å². The highest BCUT2D eigenvalue weighted by Crippen LogP contribution is 2.16. The molecular weight excluding hydrogens is 184 g/mol. The molecule has 0 amide bonds. The third-order valence-electron chi connectivity index (χ3n) is 1.48. The van der Waals surface area contributed by atoms with Crippen LogP contribution < -0.4 is 5.32 Å². The summed E-state index contributed by atoms with van der Waals surface area (Å²) in [6.45, 7) is 0. The molecule has 0 aliphatic heterocycles. The SMILES string of the molecule is O=CC=CNc1cccc([N+](=O)[O-])c1. The Morgan fingerprint density at radius 2 is 2.21 bits per heavy atom. The van der Waals surface area contributed by atoms with E-state index in [1.165, 1.54) is 24.4 Å². The van der Waals surface area contributed by atoms with E-state index in [-0.39, 0.29) is 5.69 Å². The zero-order valence-electron chi connectivity index (χ0n) is 7.21. The number of nitrogens with one attached hydrogen (secondary N) is 1. The van der Waals surface area contributed by atoms with Crippen molar-refractivity contribution in [3.63, 3.8) is 0 Å². The van der Waals surface area contributed by atoms with Crippen molar-refractivity contribution in [3.05, 3.63) is 46.7 Å². The molecule has 0 bridgehead atoms. The molecule has 5 heteroatoms. The van der Waals surface area contributed by atoms with E-state index in [0.29, 0.717) is 12.0 Å². The monoisotopic (exact) mass is 192 g/mol. The zero-order valence-corrected chi connectivity index (χ0v) is 7.21. The first-order valence-corrected chi connectivity index (χ1v) is 3.85. The Bertz CT molecular complexity index is 374. The van der Waals surface area contributed by atoms with Crippen LogP contribution in [0, 0.1) is 10.1 Å². The van der Waals surface area contributed by atoms with Gasteiger partial charge in [0.15, 0.2) is 0 Å². The van der Waals surface area contributed by atoms with Crippen LogP contribution >= 0.6 is 0 Å². The number of nitro groups is 1. The summed E-state index contributed by atoms with van der Waals surface area (Å²) in [4.78, 5) is 19.8. The Labute approximate surface area is 80.2 Å². The fraction of sp³-hybridized carbons (Fsp3) is 0. The number of nitrogens with zero attached hydrogens (tertiary/aromatic N) is 1. The Kier molecular flexibility index (Phi) is 3.37. The number of rotatable bonds is 4. The first kappa shape index (κ1) is 9.91. The Morgan fingerprint density at radius 3 is 2.86 bits per heavy atom. The highest BCUT2D eigenvalue weighted by molar-refractivity contribution is 5.66. The quantitative estimate of drug-likeness (QED) is 0.341. The van der Waals surface area contributed by atoms with Gasteiger partial charge in [-0.3, -0.25) is 14.9 Å². The van der Waals surface area contributed by atoms with Gasteiger partial charge in [-0.05, 0) is 12.1 Å². The number of allylic oxidation sites excluding steroid dienone is 1. The zero-order chi connectivity index (χ0) is 10.4. The van der Waals surface area contributed by atoms with Crippen LogP contribution in [0.1, 0.15) is 0 Å². The number of hydrogen-bond donors (Lipinski definition) is 1. The second kappa shape index (κ2) is 4.76. The number of benzene rings is 1. The molecule has 0 aromatic heterocycles. The highest BCUT2D eigenvalue weighted by Gasteiger charge is 2.03. The maximum Gasteiger partial charge on any atom is 0.271 e. The van der Waals surface area contributed by atoms with Crippen LogP contribution in [0.25, 0.3) is 0 Å². The van der Waals surface area contributed by atoms with Gasteiger partial charge in [0.05, 0.1) is 4.92 Å². The van der Waals surface area contributed by atoms with Gasteiger partial charge in [-0.1, -0.05) is 6.07 Å². The second-order valence-electron chi connectivity index (χ2n) is 2.45. The molecule has 5 nitrogen and oxygen atoms in total. The molecule has 1 aromatic rings. The van der Waals surface area contributed by atoms with E-state index >= 15 is 0 Å². The summed E-state index contributed by atoms with van der Waals surface area (Å²) < 4.78 is 0. The van der Waals surface area contributed by atoms with E-state index in [9.17, 15) is 14.9 Å². The number of aldehydes is 1. The number of non-ortho nitro benzene ring substituents is 1. The topological polar surface area (TPSA) is 72.2 Å². The maximum atomic E-state index is 10.4. The lowest BCUT2D eigenvalue weighted by Gasteiger charge is -1.98. The van der Waals surface area contributed by atoms with Crippen LogP contribution in [0.15, 0.2) is 36.5 Å². The summed E-state index contributed by atoms with van der Waals surface area (Å²) in [5.74, 6) is 0. The van der Waals surface area contributed by atoms with E-state index in [2.05, 4.69) is 5.32 Å². The average Bonchev–Trinajstić information content (AvgIpc) is 2.19. The van der Waals surface area contributed by atoms with Crippen LogP contribution in [0.5, 0.6) is 0 Å².